The Bertz CT molecular complexity index is 1270. The summed E-state index contributed by atoms with van der Waals surface area (Å²) in [5.41, 5.74) is 1.45. The molecule has 0 bridgehead atoms. The molecule has 10 heteroatoms. The monoisotopic (exact) mass is 436 g/mol. The van der Waals surface area contributed by atoms with Crippen LogP contribution in [0.5, 0.6) is 0 Å². The van der Waals surface area contributed by atoms with E-state index in [0.29, 0.717) is 36.7 Å². The van der Waals surface area contributed by atoms with E-state index in [4.69, 9.17) is 0 Å². The third-order valence-electron chi connectivity index (χ3n) is 5.46. The lowest BCUT2D eigenvalue weighted by Gasteiger charge is -2.25. The molecule has 9 nitrogen and oxygen atoms in total. The van der Waals surface area contributed by atoms with E-state index in [1.54, 1.807) is 52.4 Å². The van der Waals surface area contributed by atoms with E-state index >= 15 is 0 Å². The number of carbonyl (C=O) groups excluding carboxylic acids is 1. The standard InChI is InChI=1S/C21H20N6O3S/c28-21(23-14-15-8-10-22-19(13-15)27-12-4-9-24-27)17-6-3-11-26(17)20-16-5-1-2-7-18(16)31(29,30)25-20/h1-2,4-5,7-10,12-13,17H,3,6,11,14H2,(H,23,28)/t17-/m0/s1. The number of nitrogens with zero attached hydrogens (tertiary/aromatic N) is 5. The maximum Gasteiger partial charge on any atom is 0.285 e. The lowest BCUT2D eigenvalue weighted by Crippen LogP contribution is -2.45. The Balaban J connectivity index is 1.32. The Kier molecular flexibility index (Phi) is 4.78. The number of fused-ring (bicyclic) bond motifs is 1. The SMILES string of the molecule is O=C(NCc1ccnc(-n2cccn2)c1)[C@@H]1CCCN1C1=NS(=O)(=O)c2ccccc21. The van der Waals surface area contributed by atoms with Crippen molar-refractivity contribution < 1.29 is 13.2 Å². The fourth-order valence-electron chi connectivity index (χ4n) is 4.00. The highest BCUT2D eigenvalue weighted by Crippen LogP contribution is 2.31. The van der Waals surface area contributed by atoms with Gasteiger partial charge in [-0.05, 0) is 48.7 Å². The van der Waals surface area contributed by atoms with Gasteiger partial charge in [0.25, 0.3) is 10.0 Å². The third kappa shape index (κ3) is 3.59. The van der Waals surface area contributed by atoms with Gasteiger partial charge in [0.1, 0.15) is 10.9 Å². The zero-order valence-electron chi connectivity index (χ0n) is 16.5. The van der Waals surface area contributed by atoms with Crippen molar-refractivity contribution in [3.05, 3.63) is 72.2 Å². The molecule has 4 heterocycles. The topological polar surface area (TPSA) is 110 Å². The fourth-order valence-corrected chi connectivity index (χ4v) is 5.21. The van der Waals surface area contributed by atoms with E-state index in [-0.39, 0.29) is 10.8 Å². The van der Waals surface area contributed by atoms with Crippen molar-refractivity contribution >= 4 is 21.8 Å². The molecule has 1 fully saturated rings. The quantitative estimate of drug-likeness (QED) is 0.664. The summed E-state index contributed by atoms with van der Waals surface area (Å²) in [5, 5.41) is 7.14. The summed E-state index contributed by atoms with van der Waals surface area (Å²) in [6.45, 7) is 0.917. The van der Waals surface area contributed by atoms with Crippen molar-refractivity contribution in [2.24, 2.45) is 4.40 Å². The van der Waals surface area contributed by atoms with Gasteiger partial charge in [0, 0.05) is 37.2 Å². The second kappa shape index (κ2) is 7.62. The molecule has 1 atom stereocenters. The molecular weight excluding hydrogens is 416 g/mol. The van der Waals surface area contributed by atoms with Gasteiger partial charge in [0.15, 0.2) is 11.7 Å². The number of pyridine rings is 1. The molecule has 0 spiro atoms. The number of aromatic nitrogens is 3. The number of amides is 1. The first kappa shape index (κ1) is 19.4. The molecule has 0 radical (unpaired) electrons. The summed E-state index contributed by atoms with van der Waals surface area (Å²) in [5.74, 6) is 0.874. The van der Waals surface area contributed by atoms with Crippen molar-refractivity contribution in [3.8, 4) is 5.82 Å². The summed E-state index contributed by atoms with van der Waals surface area (Å²) in [4.78, 5) is 19.3. The lowest BCUT2D eigenvalue weighted by atomic mass is 10.1. The molecule has 5 rings (SSSR count). The number of benzene rings is 1. The minimum absolute atomic E-state index is 0.153. The highest BCUT2D eigenvalue weighted by Gasteiger charge is 2.39. The fraction of sp³-hybridized carbons (Fsp3) is 0.238. The van der Waals surface area contributed by atoms with Gasteiger partial charge in [-0.2, -0.15) is 13.5 Å². The number of nitrogens with one attached hydrogen (secondary N) is 1. The minimum Gasteiger partial charge on any atom is -0.350 e. The average Bonchev–Trinajstić information content (AvgIpc) is 3.52. The zero-order chi connectivity index (χ0) is 21.4. The second-order valence-corrected chi connectivity index (χ2v) is 9.00. The normalized spacial score (nSPS) is 19.2. The molecule has 31 heavy (non-hydrogen) atoms. The molecule has 0 aliphatic carbocycles. The molecule has 1 N–H and O–H groups in total. The summed E-state index contributed by atoms with van der Waals surface area (Å²) < 4.78 is 30.4. The van der Waals surface area contributed by atoms with Gasteiger partial charge < -0.3 is 10.2 Å². The predicted octanol–water partition coefficient (Wildman–Crippen LogP) is 1.50. The highest BCUT2D eigenvalue weighted by molar-refractivity contribution is 7.90. The van der Waals surface area contributed by atoms with Gasteiger partial charge in [0.05, 0.1) is 0 Å². The Hall–Kier alpha value is -3.53. The van der Waals surface area contributed by atoms with Crippen LogP contribution in [0.1, 0.15) is 24.0 Å². The minimum atomic E-state index is -3.72. The van der Waals surface area contributed by atoms with Crippen LogP contribution in [0.2, 0.25) is 0 Å². The van der Waals surface area contributed by atoms with Crippen LogP contribution in [-0.2, 0) is 21.4 Å². The van der Waals surface area contributed by atoms with Crippen molar-refractivity contribution in [2.45, 2.75) is 30.3 Å². The average molecular weight is 436 g/mol. The van der Waals surface area contributed by atoms with Crippen molar-refractivity contribution in [3.63, 3.8) is 0 Å². The van der Waals surface area contributed by atoms with Crippen LogP contribution in [0.3, 0.4) is 0 Å². The van der Waals surface area contributed by atoms with E-state index in [2.05, 4.69) is 19.8 Å². The first-order valence-corrected chi connectivity index (χ1v) is 11.4. The van der Waals surface area contributed by atoms with E-state index in [9.17, 15) is 13.2 Å². The first-order valence-electron chi connectivity index (χ1n) is 9.97. The smallest absolute Gasteiger partial charge is 0.285 e. The van der Waals surface area contributed by atoms with E-state index in [1.165, 1.54) is 0 Å². The molecule has 2 aromatic heterocycles. The van der Waals surface area contributed by atoms with Crippen molar-refractivity contribution in [1.82, 2.24) is 25.0 Å². The van der Waals surface area contributed by atoms with Crippen LogP contribution in [-0.4, -0.2) is 52.4 Å². The maximum absolute atomic E-state index is 13.0. The van der Waals surface area contributed by atoms with Crippen molar-refractivity contribution in [2.75, 3.05) is 6.54 Å². The molecule has 2 aliphatic rings. The van der Waals surface area contributed by atoms with Gasteiger partial charge in [-0.3, -0.25) is 4.79 Å². The maximum atomic E-state index is 13.0. The number of hydrogen-bond donors (Lipinski definition) is 1. The second-order valence-electron chi connectivity index (χ2n) is 7.43. The summed E-state index contributed by atoms with van der Waals surface area (Å²) in [7, 11) is -3.72. The number of amidine groups is 1. The van der Waals surface area contributed by atoms with Crippen LogP contribution in [0.25, 0.3) is 5.82 Å². The van der Waals surface area contributed by atoms with Gasteiger partial charge in [-0.15, -0.1) is 4.40 Å². The van der Waals surface area contributed by atoms with Crippen LogP contribution in [0.15, 0.2) is 70.3 Å². The molecule has 2 aliphatic heterocycles. The largest absolute Gasteiger partial charge is 0.350 e. The lowest BCUT2D eigenvalue weighted by molar-refractivity contribution is -0.124. The molecule has 0 unspecified atom stereocenters. The molecule has 1 aromatic carbocycles. The molecular formula is C21H20N6O3S. The Morgan fingerprint density at radius 1 is 1.16 bits per heavy atom. The van der Waals surface area contributed by atoms with E-state index in [0.717, 1.165) is 12.0 Å². The van der Waals surface area contributed by atoms with Crippen LogP contribution < -0.4 is 5.32 Å². The number of sulfonamides is 1. The van der Waals surface area contributed by atoms with Gasteiger partial charge in [0.2, 0.25) is 5.91 Å². The van der Waals surface area contributed by atoms with Gasteiger partial charge in [-0.25, -0.2) is 9.67 Å². The Morgan fingerprint density at radius 3 is 2.87 bits per heavy atom. The summed E-state index contributed by atoms with van der Waals surface area (Å²) in [6, 6.07) is 11.8. The molecule has 1 amide bonds. The van der Waals surface area contributed by atoms with Crippen LogP contribution in [0.4, 0.5) is 0 Å². The van der Waals surface area contributed by atoms with E-state index < -0.39 is 16.1 Å². The predicted molar refractivity (Wildman–Crippen MR) is 113 cm³/mol. The molecule has 1 saturated heterocycles. The third-order valence-corrected chi connectivity index (χ3v) is 6.78. The van der Waals surface area contributed by atoms with Gasteiger partial charge >= 0.3 is 0 Å². The zero-order valence-corrected chi connectivity index (χ0v) is 17.4. The molecule has 3 aromatic rings. The number of rotatable bonds is 4. The Morgan fingerprint density at radius 2 is 2.03 bits per heavy atom. The first-order chi connectivity index (χ1) is 15.0. The highest BCUT2D eigenvalue weighted by atomic mass is 32.2. The van der Waals surface area contributed by atoms with Crippen LogP contribution in [0, 0.1) is 0 Å². The summed E-state index contributed by atoms with van der Waals surface area (Å²) >= 11 is 0. The summed E-state index contributed by atoms with van der Waals surface area (Å²) in [6.07, 6.45) is 6.58. The Labute approximate surface area is 179 Å². The number of carbonyl (C=O) groups is 1. The van der Waals surface area contributed by atoms with E-state index in [1.807, 2.05) is 18.2 Å². The van der Waals surface area contributed by atoms with Crippen molar-refractivity contribution in [1.29, 1.82) is 0 Å². The molecule has 0 saturated carbocycles. The van der Waals surface area contributed by atoms with Crippen LogP contribution >= 0.6 is 0 Å². The number of hydrogen-bond acceptors (Lipinski definition) is 6. The molecule has 158 valence electrons. The number of likely N-dealkylation sites (tertiary alicyclic amines) is 1. The van der Waals surface area contributed by atoms with Gasteiger partial charge in [-0.1, -0.05) is 12.1 Å².